The third-order valence-electron chi connectivity index (χ3n) is 2.23. The summed E-state index contributed by atoms with van der Waals surface area (Å²) in [6.45, 7) is 0. The van der Waals surface area contributed by atoms with Crippen molar-refractivity contribution in [1.82, 2.24) is 0 Å². The van der Waals surface area contributed by atoms with Crippen molar-refractivity contribution in [1.29, 1.82) is 0 Å². The van der Waals surface area contributed by atoms with Crippen molar-refractivity contribution in [3.63, 3.8) is 0 Å². The molecule has 0 fully saturated rings. The van der Waals surface area contributed by atoms with Crippen LogP contribution >= 0.6 is 11.6 Å². The van der Waals surface area contributed by atoms with E-state index in [0.717, 1.165) is 0 Å². The third-order valence-corrected chi connectivity index (χ3v) is 3.45. The first kappa shape index (κ1) is 14.2. The van der Waals surface area contributed by atoms with Crippen LogP contribution in [0.2, 0.25) is 0 Å². The van der Waals surface area contributed by atoms with E-state index in [2.05, 4.69) is 0 Å². The molecule has 1 rings (SSSR count). The number of alkyl halides is 1. The van der Waals surface area contributed by atoms with Gasteiger partial charge >= 0.3 is 0 Å². The molecule has 0 saturated carbocycles. The molecule has 0 bridgehead atoms. The molecule has 17 heavy (non-hydrogen) atoms. The van der Waals surface area contributed by atoms with Crippen molar-refractivity contribution < 1.29 is 17.8 Å². The Balaban J connectivity index is 2.88. The maximum Gasteiger partial charge on any atom is 0.294 e. The van der Waals surface area contributed by atoms with Crippen LogP contribution < -0.4 is 0 Å². The molecule has 0 spiro atoms. The summed E-state index contributed by atoms with van der Waals surface area (Å²) in [4.78, 5) is 11.3. The Labute approximate surface area is 105 Å². The highest BCUT2D eigenvalue weighted by Crippen LogP contribution is 2.16. The summed E-state index contributed by atoms with van der Waals surface area (Å²) < 4.78 is 31.1. The predicted molar refractivity (Wildman–Crippen MR) is 64.9 cm³/mol. The Morgan fingerprint density at radius 3 is 2.53 bits per heavy atom. The average Bonchev–Trinajstić information content (AvgIpc) is 2.25. The van der Waals surface area contributed by atoms with Gasteiger partial charge in [0.15, 0.2) is 0 Å². The lowest BCUT2D eigenvalue weighted by Crippen LogP contribution is -2.08. The van der Waals surface area contributed by atoms with Gasteiger partial charge in [-0.3, -0.25) is 9.35 Å². The molecule has 0 heterocycles. The molecule has 0 unspecified atom stereocenters. The van der Waals surface area contributed by atoms with Crippen LogP contribution in [-0.4, -0.2) is 24.6 Å². The van der Waals surface area contributed by atoms with E-state index in [-0.39, 0.29) is 17.1 Å². The van der Waals surface area contributed by atoms with Gasteiger partial charge in [0.2, 0.25) is 0 Å². The fraction of sp³-hybridized carbons (Fsp3) is 0.364. The lowest BCUT2D eigenvalue weighted by atomic mass is 10.1. The Hall–Kier alpha value is -0.910. The Morgan fingerprint density at radius 1 is 1.29 bits per heavy atom. The van der Waals surface area contributed by atoms with Gasteiger partial charge in [-0.25, -0.2) is 0 Å². The van der Waals surface area contributed by atoms with E-state index in [9.17, 15) is 13.2 Å². The van der Waals surface area contributed by atoms with Gasteiger partial charge in [0.25, 0.3) is 10.1 Å². The molecule has 94 valence electrons. The lowest BCUT2D eigenvalue weighted by molar-refractivity contribution is -0.118. The van der Waals surface area contributed by atoms with Gasteiger partial charge < -0.3 is 0 Å². The minimum Gasteiger partial charge on any atom is -0.299 e. The zero-order valence-corrected chi connectivity index (χ0v) is 10.7. The van der Waals surface area contributed by atoms with Crippen molar-refractivity contribution >= 4 is 27.5 Å². The highest BCUT2D eigenvalue weighted by molar-refractivity contribution is 7.85. The fourth-order valence-electron chi connectivity index (χ4n) is 1.47. The smallest absolute Gasteiger partial charge is 0.294 e. The third kappa shape index (κ3) is 4.46. The van der Waals surface area contributed by atoms with Crippen LogP contribution in [0, 0.1) is 0 Å². The topological polar surface area (TPSA) is 71.4 Å². The van der Waals surface area contributed by atoms with Gasteiger partial charge in [-0.05, 0) is 18.1 Å². The summed E-state index contributed by atoms with van der Waals surface area (Å²) in [7, 11) is -4.28. The van der Waals surface area contributed by atoms with Gasteiger partial charge in [0.1, 0.15) is 5.78 Å². The molecule has 0 atom stereocenters. The number of rotatable bonds is 6. The second kappa shape index (κ2) is 6.14. The van der Waals surface area contributed by atoms with Crippen LogP contribution in [0.15, 0.2) is 29.2 Å². The molecular formula is C11H13ClO4S. The fourth-order valence-corrected chi connectivity index (χ4v) is 2.32. The molecule has 1 N–H and O–H groups in total. The van der Waals surface area contributed by atoms with Gasteiger partial charge in [0, 0.05) is 18.7 Å². The number of benzene rings is 1. The maximum atomic E-state index is 11.5. The molecule has 0 aromatic heterocycles. The van der Waals surface area contributed by atoms with E-state index in [0.29, 0.717) is 24.3 Å². The van der Waals surface area contributed by atoms with E-state index in [1.807, 2.05) is 0 Å². The number of carbonyl (C=O) groups excluding carboxylic acids is 1. The van der Waals surface area contributed by atoms with Crippen molar-refractivity contribution in [3.05, 3.63) is 29.8 Å². The summed E-state index contributed by atoms with van der Waals surface area (Å²) in [6.07, 6.45) is 0.866. The summed E-state index contributed by atoms with van der Waals surface area (Å²) in [5.74, 6) is 0.299. The summed E-state index contributed by atoms with van der Waals surface area (Å²) >= 11 is 5.46. The van der Waals surface area contributed by atoms with Crippen LogP contribution in [-0.2, 0) is 21.3 Å². The summed E-state index contributed by atoms with van der Waals surface area (Å²) in [5, 5.41) is 0. The van der Waals surface area contributed by atoms with Gasteiger partial charge in [-0.2, -0.15) is 8.42 Å². The Morgan fingerprint density at radius 2 is 1.94 bits per heavy atom. The molecule has 0 aliphatic heterocycles. The Kier molecular flexibility index (Phi) is 5.11. The molecule has 1 aromatic carbocycles. The summed E-state index contributed by atoms with van der Waals surface area (Å²) in [6, 6.07) is 5.91. The number of carbonyl (C=O) groups is 1. The molecule has 0 saturated heterocycles. The van der Waals surface area contributed by atoms with E-state index in [1.54, 1.807) is 6.07 Å². The van der Waals surface area contributed by atoms with Gasteiger partial charge in [-0.1, -0.05) is 18.2 Å². The second-order valence-electron chi connectivity index (χ2n) is 3.59. The highest BCUT2D eigenvalue weighted by atomic mass is 35.5. The standard InChI is InChI=1S/C11H13ClO4S/c12-7-3-5-10(13)8-9-4-1-2-6-11(9)17(14,15)16/h1-2,4,6H,3,5,7-8H2,(H,14,15,16). The van der Waals surface area contributed by atoms with Crippen LogP contribution in [0.25, 0.3) is 0 Å². The van der Waals surface area contributed by atoms with Gasteiger partial charge in [-0.15, -0.1) is 11.6 Å². The number of ketones is 1. The molecule has 0 aliphatic carbocycles. The highest BCUT2D eigenvalue weighted by Gasteiger charge is 2.16. The minimum absolute atomic E-state index is 0.00709. The van der Waals surface area contributed by atoms with Gasteiger partial charge in [0.05, 0.1) is 4.90 Å². The first-order valence-electron chi connectivity index (χ1n) is 5.08. The summed E-state index contributed by atoms with van der Waals surface area (Å²) in [5.41, 5.74) is 0.314. The molecule has 0 amide bonds. The average molecular weight is 277 g/mol. The van der Waals surface area contributed by atoms with Crippen LogP contribution in [0.4, 0.5) is 0 Å². The zero-order chi connectivity index (χ0) is 12.9. The first-order valence-corrected chi connectivity index (χ1v) is 7.05. The minimum atomic E-state index is -4.28. The van der Waals surface area contributed by atoms with Crippen LogP contribution in [0.3, 0.4) is 0 Å². The van der Waals surface area contributed by atoms with Crippen molar-refractivity contribution in [2.45, 2.75) is 24.2 Å². The maximum absolute atomic E-state index is 11.5. The van der Waals surface area contributed by atoms with E-state index < -0.39 is 10.1 Å². The number of Topliss-reactive ketones (excluding diaryl/α,β-unsaturated/α-hetero) is 1. The van der Waals surface area contributed by atoms with Crippen molar-refractivity contribution in [2.75, 3.05) is 5.88 Å². The first-order chi connectivity index (χ1) is 7.95. The van der Waals surface area contributed by atoms with E-state index in [1.165, 1.54) is 18.2 Å². The second-order valence-corrected chi connectivity index (χ2v) is 5.36. The zero-order valence-electron chi connectivity index (χ0n) is 9.10. The Bertz CT molecular complexity index is 496. The predicted octanol–water partition coefficient (Wildman–Crippen LogP) is 2.06. The number of hydrogen-bond donors (Lipinski definition) is 1. The quantitative estimate of drug-likeness (QED) is 0.638. The normalized spacial score (nSPS) is 11.4. The molecule has 0 aliphatic rings. The molecule has 6 heteroatoms. The van der Waals surface area contributed by atoms with E-state index >= 15 is 0 Å². The number of hydrogen-bond acceptors (Lipinski definition) is 3. The largest absolute Gasteiger partial charge is 0.299 e. The van der Waals surface area contributed by atoms with E-state index in [4.69, 9.17) is 16.2 Å². The van der Waals surface area contributed by atoms with Crippen molar-refractivity contribution in [3.8, 4) is 0 Å². The molecule has 4 nitrogen and oxygen atoms in total. The molecule has 1 aromatic rings. The van der Waals surface area contributed by atoms with Crippen molar-refractivity contribution in [2.24, 2.45) is 0 Å². The number of halogens is 1. The van der Waals surface area contributed by atoms with Crippen LogP contribution in [0.1, 0.15) is 18.4 Å². The monoisotopic (exact) mass is 276 g/mol. The lowest BCUT2D eigenvalue weighted by Gasteiger charge is -2.05. The SMILES string of the molecule is O=C(CCCCl)Cc1ccccc1S(=O)(=O)O. The molecule has 0 radical (unpaired) electrons. The molecular weight excluding hydrogens is 264 g/mol. The van der Waals surface area contributed by atoms with Crippen LogP contribution in [0.5, 0.6) is 0 Å².